The molecule has 0 bridgehead atoms. The molecule has 1 rings (SSSR count). The highest BCUT2D eigenvalue weighted by atomic mass is 32.2. The van der Waals surface area contributed by atoms with E-state index in [-0.39, 0.29) is 0 Å². The smallest absolute Gasteiger partial charge is 0.0147 e. The molecule has 0 amide bonds. The van der Waals surface area contributed by atoms with Crippen LogP contribution in [0.15, 0.2) is 0 Å². The van der Waals surface area contributed by atoms with Gasteiger partial charge in [-0.3, -0.25) is 0 Å². The molecule has 0 saturated carbocycles. The minimum Gasteiger partial charge on any atom is -0.301 e. The van der Waals surface area contributed by atoms with Crippen molar-refractivity contribution in [3.05, 3.63) is 0 Å². The third kappa shape index (κ3) is 3.51. The Kier molecular flexibility index (Phi) is 4.57. The van der Waals surface area contributed by atoms with Crippen molar-refractivity contribution in [2.75, 3.05) is 25.4 Å². The Labute approximate surface area is 79.9 Å². The predicted octanol–water partition coefficient (Wildman–Crippen LogP) is 1.84. The van der Waals surface area contributed by atoms with Crippen molar-refractivity contribution in [2.24, 2.45) is 0 Å². The highest BCUT2D eigenvalue weighted by molar-refractivity contribution is 7.99. The summed E-state index contributed by atoms with van der Waals surface area (Å²) in [6, 6.07) is 0. The van der Waals surface area contributed by atoms with Gasteiger partial charge in [0.15, 0.2) is 0 Å². The van der Waals surface area contributed by atoms with Gasteiger partial charge in [-0.1, -0.05) is 6.92 Å². The summed E-state index contributed by atoms with van der Waals surface area (Å²) in [6.45, 7) is 5.99. The minimum atomic E-state index is 0.810. The van der Waals surface area contributed by atoms with E-state index >= 15 is 0 Å². The van der Waals surface area contributed by atoms with Crippen molar-refractivity contribution in [3.8, 4) is 12.3 Å². The van der Waals surface area contributed by atoms with Gasteiger partial charge in [-0.2, -0.15) is 11.8 Å². The predicted molar refractivity (Wildman–Crippen MR) is 56.4 cm³/mol. The van der Waals surface area contributed by atoms with Crippen molar-refractivity contribution >= 4 is 11.8 Å². The Morgan fingerprint density at radius 2 is 2.50 bits per heavy atom. The molecule has 1 heterocycles. The first-order chi connectivity index (χ1) is 5.83. The molecule has 1 fully saturated rings. The van der Waals surface area contributed by atoms with Crippen LogP contribution < -0.4 is 0 Å². The summed E-state index contributed by atoms with van der Waals surface area (Å²) < 4.78 is 0. The normalized spacial score (nSPS) is 25.2. The van der Waals surface area contributed by atoms with Crippen molar-refractivity contribution in [1.82, 2.24) is 4.90 Å². The molecule has 12 heavy (non-hydrogen) atoms. The van der Waals surface area contributed by atoms with Gasteiger partial charge in [0.2, 0.25) is 0 Å². The van der Waals surface area contributed by atoms with Gasteiger partial charge in [0.05, 0.1) is 0 Å². The van der Waals surface area contributed by atoms with E-state index in [0.29, 0.717) is 0 Å². The Bertz CT molecular complexity index is 162. The van der Waals surface area contributed by atoms with Crippen LogP contribution >= 0.6 is 11.8 Å². The quantitative estimate of drug-likeness (QED) is 0.485. The molecular formula is C10H17NS. The standard InChI is InChI=1S/C10H17NS/c1-3-4-5-6-11-7-8-12-10(2)9-11/h1,10H,4-9H2,2H3. The number of nitrogens with zero attached hydrogens (tertiary/aromatic N) is 1. The van der Waals surface area contributed by atoms with E-state index in [9.17, 15) is 0 Å². The lowest BCUT2D eigenvalue weighted by Crippen LogP contribution is -2.37. The fourth-order valence-corrected chi connectivity index (χ4v) is 2.58. The number of hydrogen-bond donors (Lipinski definition) is 0. The second kappa shape index (κ2) is 5.50. The van der Waals surface area contributed by atoms with Crippen LogP contribution in [0.25, 0.3) is 0 Å². The first-order valence-electron chi connectivity index (χ1n) is 4.60. The molecule has 1 saturated heterocycles. The van der Waals surface area contributed by atoms with Gasteiger partial charge in [0, 0.05) is 30.5 Å². The lowest BCUT2D eigenvalue weighted by molar-refractivity contribution is 0.284. The SMILES string of the molecule is C#CCCCN1CCSC(C)C1. The number of rotatable bonds is 3. The van der Waals surface area contributed by atoms with Crippen molar-refractivity contribution in [2.45, 2.75) is 25.0 Å². The molecular weight excluding hydrogens is 166 g/mol. The van der Waals surface area contributed by atoms with Gasteiger partial charge >= 0.3 is 0 Å². The molecule has 1 atom stereocenters. The Hall–Kier alpha value is -0.130. The van der Waals surface area contributed by atoms with Gasteiger partial charge in [0.1, 0.15) is 0 Å². The van der Waals surface area contributed by atoms with E-state index in [4.69, 9.17) is 6.42 Å². The largest absolute Gasteiger partial charge is 0.301 e. The van der Waals surface area contributed by atoms with E-state index in [2.05, 4.69) is 29.5 Å². The average molecular weight is 183 g/mol. The van der Waals surface area contributed by atoms with Crippen molar-refractivity contribution in [1.29, 1.82) is 0 Å². The Morgan fingerprint density at radius 3 is 3.17 bits per heavy atom. The van der Waals surface area contributed by atoms with Crippen LogP contribution in [0.5, 0.6) is 0 Å². The number of terminal acetylenes is 1. The van der Waals surface area contributed by atoms with Crippen LogP contribution in [0.2, 0.25) is 0 Å². The third-order valence-corrected chi connectivity index (χ3v) is 3.26. The van der Waals surface area contributed by atoms with Crippen molar-refractivity contribution < 1.29 is 0 Å². The molecule has 1 aliphatic rings. The second-order valence-corrected chi connectivity index (χ2v) is 4.84. The number of unbranched alkanes of at least 4 members (excludes halogenated alkanes) is 1. The summed E-state index contributed by atoms with van der Waals surface area (Å²) in [5.41, 5.74) is 0. The topological polar surface area (TPSA) is 3.24 Å². The van der Waals surface area contributed by atoms with Crippen LogP contribution in [0, 0.1) is 12.3 Å². The maximum Gasteiger partial charge on any atom is 0.0147 e. The summed E-state index contributed by atoms with van der Waals surface area (Å²) >= 11 is 2.08. The van der Waals surface area contributed by atoms with Crippen LogP contribution in [0.4, 0.5) is 0 Å². The summed E-state index contributed by atoms with van der Waals surface area (Å²) in [4.78, 5) is 2.53. The molecule has 1 unspecified atom stereocenters. The van der Waals surface area contributed by atoms with E-state index in [1.165, 1.54) is 25.4 Å². The maximum atomic E-state index is 5.20. The third-order valence-electron chi connectivity index (χ3n) is 2.12. The van der Waals surface area contributed by atoms with E-state index in [1.54, 1.807) is 0 Å². The lowest BCUT2D eigenvalue weighted by Gasteiger charge is -2.30. The molecule has 0 aromatic rings. The molecule has 0 aliphatic carbocycles. The lowest BCUT2D eigenvalue weighted by atomic mass is 10.3. The molecule has 0 spiro atoms. The first kappa shape index (κ1) is 9.95. The summed E-state index contributed by atoms with van der Waals surface area (Å²) in [5.74, 6) is 3.98. The van der Waals surface area contributed by atoms with Crippen LogP contribution in [-0.2, 0) is 0 Å². The molecule has 1 aliphatic heterocycles. The molecule has 0 aromatic heterocycles. The molecule has 2 heteroatoms. The Balaban J connectivity index is 2.11. The van der Waals surface area contributed by atoms with Gasteiger partial charge in [-0.25, -0.2) is 0 Å². The fourth-order valence-electron chi connectivity index (χ4n) is 1.50. The number of thioether (sulfide) groups is 1. The fraction of sp³-hybridized carbons (Fsp3) is 0.800. The summed E-state index contributed by atoms with van der Waals surface area (Å²) in [5, 5.41) is 0.810. The summed E-state index contributed by atoms with van der Waals surface area (Å²) in [6.07, 6.45) is 7.29. The van der Waals surface area contributed by atoms with E-state index < -0.39 is 0 Å². The molecule has 1 nitrogen and oxygen atoms in total. The van der Waals surface area contributed by atoms with Crippen LogP contribution in [0.3, 0.4) is 0 Å². The number of hydrogen-bond acceptors (Lipinski definition) is 2. The van der Waals surface area contributed by atoms with E-state index in [0.717, 1.165) is 18.1 Å². The zero-order chi connectivity index (χ0) is 8.81. The molecule has 68 valence electrons. The maximum absolute atomic E-state index is 5.20. The van der Waals surface area contributed by atoms with Crippen LogP contribution in [0.1, 0.15) is 19.8 Å². The second-order valence-electron chi connectivity index (χ2n) is 3.29. The van der Waals surface area contributed by atoms with Crippen LogP contribution in [-0.4, -0.2) is 35.5 Å². The zero-order valence-corrected chi connectivity index (χ0v) is 8.57. The molecule has 0 radical (unpaired) electrons. The zero-order valence-electron chi connectivity index (χ0n) is 7.75. The highest BCUT2D eigenvalue weighted by Crippen LogP contribution is 2.17. The van der Waals surface area contributed by atoms with Gasteiger partial charge in [-0.05, 0) is 13.0 Å². The van der Waals surface area contributed by atoms with Gasteiger partial charge in [0.25, 0.3) is 0 Å². The average Bonchev–Trinajstić information content (AvgIpc) is 2.05. The molecule has 0 N–H and O–H groups in total. The van der Waals surface area contributed by atoms with E-state index in [1.807, 2.05) is 0 Å². The minimum absolute atomic E-state index is 0.810. The van der Waals surface area contributed by atoms with Gasteiger partial charge in [-0.15, -0.1) is 12.3 Å². The first-order valence-corrected chi connectivity index (χ1v) is 5.65. The molecule has 0 aromatic carbocycles. The highest BCUT2D eigenvalue weighted by Gasteiger charge is 2.15. The summed E-state index contributed by atoms with van der Waals surface area (Å²) in [7, 11) is 0. The Morgan fingerprint density at radius 1 is 1.67 bits per heavy atom. The monoisotopic (exact) mass is 183 g/mol. The van der Waals surface area contributed by atoms with Crippen molar-refractivity contribution in [3.63, 3.8) is 0 Å². The van der Waals surface area contributed by atoms with Gasteiger partial charge < -0.3 is 4.90 Å².